The monoisotopic (exact) mass is 675 g/mol. The summed E-state index contributed by atoms with van der Waals surface area (Å²) in [6.07, 6.45) is -3.51. The van der Waals surface area contributed by atoms with Gasteiger partial charge in [0.05, 0.1) is 12.7 Å². The van der Waals surface area contributed by atoms with E-state index in [0.717, 1.165) is 27.5 Å². The number of ether oxygens (including phenoxy) is 5. The number of benzene rings is 4. The van der Waals surface area contributed by atoms with Gasteiger partial charge in [0, 0.05) is 34.4 Å². The van der Waals surface area contributed by atoms with Gasteiger partial charge in [-0.1, -0.05) is 36.4 Å². The van der Waals surface area contributed by atoms with Crippen LogP contribution < -0.4 is 15.7 Å². The SMILES string of the molecule is COc1ccc(C(=O)Nc2cc3ccc([C@@H]4OC(C)(C)[C@H](OC)[C@H]5OC(=O)O[C@H]54)c(C)c3oc2=O)cc1-c1ccc2oc3ccccc3c2c1. The molecule has 1 N–H and O–H groups in total. The number of carbonyl (C=O) groups excluding carboxylic acids is 2. The molecule has 254 valence electrons. The van der Waals surface area contributed by atoms with Gasteiger partial charge in [0.25, 0.3) is 5.91 Å². The summed E-state index contributed by atoms with van der Waals surface area (Å²) in [4.78, 5) is 39.0. The standard InChI is InChI=1S/C39H33NO10/c1-19-23(32-33-34(49-38(43)48-33)35(45-5)39(2,3)50-32)13-10-21-18-27(37(42)47-31(19)21)40-36(41)22-12-14-28(44-4)25(17-22)20-11-15-30-26(16-20)24-8-6-7-9-29(24)46-30/h6-18,32-35H,1-5H3,(H,40,41)/t32-,33-,34-,35+/m0/s1. The van der Waals surface area contributed by atoms with E-state index < -0.39 is 47.7 Å². The first-order chi connectivity index (χ1) is 24.1. The molecule has 4 heterocycles. The summed E-state index contributed by atoms with van der Waals surface area (Å²) in [5, 5.41) is 5.23. The van der Waals surface area contributed by atoms with Crippen molar-refractivity contribution in [1.82, 2.24) is 0 Å². The Bertz CT molecular complexity index is 2410. The van der Waals surface area contributed by atoms with Gasteiger partial charge in [0.1, 0.15) is 40.4 Å². The summed E-state index contributed by atoms with van der Waals surface area (Å²) < 4.78 is 40.5. The fraction of sp³-hybridized carbons (Fsp3) is 0.256. The predicted molar refractivity (Wildman–Crippen MR) is 185 cm³/mol. The van der Waals surface area contributed by atoms with Crippen molar-refractivity contribution in [2.45, 2.75) is 50.8 Å². The largest absolute Gasteiger partial charge is 0.509 e. The Morgan fingerprint density at radius 1 is 0.840 bits per heavy atom. The van der Waals surface area contributed by atoms with Crippen molar-refractivity contribution in [2.75, 3.05) is 19.5 Å². The third-order valence-corrected chi connectivity index (χ3v) is 9.65. The minimum Gasteiger partial charge on any atom is -0.496 e. The van der Waals surface area contributed by atoms with Crippen LogP contribution in [-0.4, -0.2) is 50.2 Å². The van der Waals surface area contributed by atoms with Crippen molar-refractivity contribution in [3.63, 3.8) is 0 Å². The molecule has 11 nitrogen and oxygen atoms in total. The number of hydrogen-bond donors (Lipinski definition) is 1. The van der Waals surface area contributed by atoms with Gasteiger partial charge in [-0.25, -0.2) is 9.59 Å². The van der Waals surface area contributed by atoms with E-state index in [1.807, 2.05) is 62.4 Å². The summed E-state index contributed by atoms with van der Waals surface area (Å²) in [6, 6.07) is 23.9. The lowest BCUT2D eigenvalue weighted by molar-refractivity contribution is -0.237. The molecule has 50 heavy (non-hydrogen) atoms. The van der Waals surface area contributed by atoms with E-state index in [4.69, 9.17) is 32.5 Å². The lowest BCUT2D eigenvalue weighted by Crippen LogP contribution is -2.58. The zero-order chi connectivity index (χ0) is 34.9. The number of furan rings is 1. The fourth-order valence-corrected chi connectivity index (χ4v) is 7.26. The third kappa shape index (κ3) is 5.08. The number of amides is 1. The molecule has 0 saturated carbocycles. The lowest BCUT2D eigenvalue weighted by atomic mass is 9.84. The van der Waals surface area contributed by atoms with Crippen molar-refractivity contribution in [2.24, 2.45) is 0 Å². The molecule has 0 aliphatic carbocycles. The van der Waals surface area contributed by atoms with E-state index in [1.54, 1.807) is 44.4 Å². The Labute approximate surface area is 285 Å². The van der Waals surface area contributed by atoms with Crippen molar-refractivity contribution in [3.8, 4) is 16.9 Å². The van der Waals surface area contributed by atoms with E-state index in [0.29, 0.717) is 39.0 Å². The van der Waals surface area contributed by atoms with Crippen molar-refractivity contribution in [1.29, 1.82) is 0 Å². The molecule has 11 heteroatoms. The summed E-state index contributed by atoms with van der Waals surface area (Å²) in [5.74, 6) is 0.0851. The predicted octanol–water partition coefficient (Wildman–Crippen LogP) is 7.70. The Morgan fingerprint density at radius 2 is 1.62 bits per heavy atom. The minimum absolute atomic E-state index is 0.0190. The zero-order valence-electron chi connectivity index (χ0n) is 27.9. The van der Waals surface area contributed by atoms with Crippen molar-refractivity contribution < 1.29 is 42.1 Å². The van der Waals surface area contributed by atoms with Crippen LogP contribution in [-0.2, 0) is 18.9 Å². The molecule has 4 atom stereocenters. The molecular formula is C39H33NO10. The number of methoxy groups -OCH3 is 2. The fourth-order valence-electron chi connectivity index (χ4n) is 7.26. The van der Waals surface area contributed by atoms with Crippen LogP contribution in [0.5, 0.6) is 5.75 Å². The number of aryl methyl sites for hydroxylation is 1. The lowest BCUT2D eigenvalue weighted by Gasteiger charge is -2.46. The van der Waals surface area contributed by atoms with Gasteiger partial charge in [-0.2, -0.15) is 0 Å². The first kappa shape index (κ1) is 31.6. The van der Waals surface area contributed by atoms with Crippen LogP contribution in [0.25, 0.3) is 44.0 Å². The van der Waals surface area contributed by atoms with E-state index in [9.17, 15) is 14.4 Å². The molecule has 0 spiro atoms. The Kier molecular flexibility index (Phi) is 7.43. The molecule has 0 bridgehead atoms. The highest BCUT2D eigenvalue weighted by atomic mass is 16.8. The number of anilines is 1. The number of para-hydroxylation sites is 1. The maximum atomic E-state index is 13.6. The van der Waals surface area contributed by atoms with Gasteiger partial charge >= 0.3 is 11.8 Å². The highest BCUT2D eigenvalue weighted by Crippen LogP contribution is 2.46. The van der Waals surface area contributed by atoms with Crippen LogP contribution in [0, 0.1) is 6.92 Å². The number of hydrogen-bond acceptors (Lipinski definition) is 10. The molecule has 2 aliphatic rings. The Hall–Kier alpha value is -5.65. The summed E-state index contributed by atoms with van der Waals surface area (Å²) in [6.45, 7) is 5.51. The summed E-state index contributed by atoms with van der Waals surface area (Å²) in [7, 11) is 3.10. The van der Waals surface area contributed by atoms with Crippen LogP contribution in [0.4, 0.5) is 10.5 Å². The van der Waals surface area contributed by atoms with E-state index in [1.165, 1.54) is 7.11 Å². The molecule has 2 fully saturated rings. The average Bonchev–Trinajstić information content (AvgIpc) is 3.68. The zero-order valence-corrected chi connectivity index (χ0v) is 27.9. The Balaban J connectivity index is 1.10. The van der Waals surface area contributed by atoms with E-state index >= 15 is 0 Å². The second kappa shape index (κ2) is 11.7. The maximum Gasteiger partial charge on any atom is 0.509 e. The minimum atomic E-state index is -0.827. The number of nitrogens with one attached hydrogen (secondary N) is 1. The molecule has 1 amide bonds. The quantitative estimate of drug-likeness (QED) is 0.138. The second-order valence-electron chi connectivity index (χ2n) is 13.0. The third-order valence-electron chi connectivity index (χ3n) is 9.65. The molecule has 4 aromatic carbocycles. The van der Waals surface area contributed by atoms with Crippen molar-refractivity contribution in [3.05, 3.63) is 106 Å². The van der Waals surface area contributed by atoms with Crippen LogP contribution in [0.1, 0.15) is 41.4 Å². The van der Waals surface area contributed by atoms with Gasteiger partial charge in [-0.05, 0) is 79.9 Å². The molecule has 6 aromatic rings. The molecular weight excluding hydrogens is 642 g/mol. The molecule has 2 aromatic heterocycles. The Morgan fingerprint density at radius 3 is 2.42 bits per heavy atom. The topological polar surface area (TPSA) is 136 Å². The maximum absolute atomic E-state index is 13.6. The first-order valence-corrected chi connectivity index (χ1v) is 16.1. The molecule has 2 saturated heterocycles. The van der Waals surface area contributed by atoms with E-state index in [-0.39, 0.29) is 5.69 Å². The van der Waals surface area contributed by atoms with E-state index in [2.05, 4.69) is 5.32 Å². The smallest absolute Gasteiger partial charge is 0.496 e. The van der Waals surface area contributed by atoms with Gasteiger partial charge in [-0.15, -0.1) is 0 Å². The second-order valence-corrected chi connectivity index (χ2v) is 13.0. The van der Waals surface area contributed by atoms with Gasteiger partial charge in [0.2, 0.25) is 0 Å². The first-order valence-electron chi connectivity index (χ1n) is 16.1. The molecule has 0 radical (unpaired) electrons. The normalized spacial score (nSPS) is 21.2. The highest BCUT2D eigenvalue weighted by Gasteiger charge is 2.58. The van der Waals surface area contributed by atoms with Gasteiger partial charge in [-0.3, -0.25) is 4.79 Å². The summed E-state index contributed by atoms with van der Waals surface area (Å²) in [5.41, 5.74) is 3.43. The van der Waals surface area contributed by atoms with Gasteiger partial charge in [0.15, 0.2) is 12.2 Å². The number of fused-ring (bicyclic) bond motifs is 5. The van der Waals surface area contributed by atoms with Crippen LogP contribution in [0.2, 0.25) is 0 Å². The number of carbonyl (C=O) groups is 2. The van der Waals surface area contributed by atoms with Gasteiger partial charge < -0.3 is 37.8 Å². The molecule has 0 unspecified atom stereocenters. The highest BCUT2D eigenvalue weighted by molar-refractivity contribution is 6.08. The molecule has 8 rings (SSSR count). The van der Waals surface area contributed by atoms with Crippen LogP contribution in [0.3, 0.4) is 0 Å². The number of rotatable bonds is 6. The summed E-state index contributed by atoms with van der Waals surface area (Å²) >= 11 is 0. The van der Waals surface area contributed by atoms with Crippen LogP contribution in [0.15, 0.2) is 92.5 Å². The van der Waals surface area contributed by atoms with Crippen molar-refractivity contribution >= 4 is 50.7 Å². The average molecular weight is 676 g/mol. The van der Waals surface area contributed by atoms with Crippen LogP contribution >= 0.6 is 0 Å². The molecule has 2 aliphatic heterocycles.